The van der Waals surface area contributed by atoms with Gasteiger partial charge in [0.25, 0.3) is 5.56 Å². The fourth-order valence-corrected chi connectivity index (χ4v) is 2.77. The molecule has 0 saturated heterocycles. The molecule has 0 fully saturated rings. The molecule has 2 aromatic rings. The maximum absolute atomic E-state index is 12.0. The van der Waals surface area contributed by atoms with E-state index < -0.39 is 0 Å². The van der Waals surface area contributed by atoms with Crippen LogP contribution in [0.1, 0.15) is 37.9 Å². The van der Waals surface area contributed by atoms with Crippen molar-refractivity contribution >= 4 is 22.6 Å². The second-order valence-corrected chi connectivity index (χ2v) is 5.90. The van der Waals surface area contributed by atoms with Crippen LogP contribution in [0.2, 0.25) is 0 Å². The summed E-state index contributed by atoms with van der Waals surface area (Å²) in [4.78, 5) is 19.4. The molecule has 0 amide bonds. The van der Waals surface area contributed by atoms with Crippen LogP contribution in [0.5, 0.6) is 0 Å². The number of nitrogens with one attached hydrogen (secondary N) is 1. The third-order valence-corrected chi connectivity index (χ3v) is 4.11. The lowest BCUT2D eigenvalue weighted by Gasteiger charge is -2.09. The Morgan fingerprint density at radius 3 is 2.42 bits per heavy atom. The third kappa shape index (κ3) is 3.05. The summed E-state index contributed by atoms with van der Waals surface area (Å²) < 4.78 is 0.682. The van der Waals surface area contributed by atoms with E-state index in [0.29, 0.717) is 9.39 Å². The molecule has 0 bridgehead atoms. The highest BCUT2D eigenvalue weighted by molar-refractivity contribution is 14.1. The van der Waals surface area contributed by atoms with Crippen LogP contribution >= 0.6 is 22.6 Å². The van der Waals surface area contributed by atoms with E-state index >= 15 is 0 Å². The van der Waals surface area contributed by atoms with Crippen molar-refractivity contribution in [3.63, 3.8) is 0 Å². The number of halogens is 1. The highest BCUT2D eigenvalue weighted by Gasteiger charge is 2.12. The SMILES string of the molecule is CCc1ccc(-c2nc(C(C)C)c(I)c(=O)[nH]2)cc1. The van der Waals surface area contributed by atoms with Crippen molar-refractivity contribution in [2.75, 3.05) is 0 Å². The molecule has 2 rings (SSSR count). The average Bonchev–Trinajstić information content (AvgIpc) is 2.41. The lowest BCUT2D eigenvalue weighted by molar-refractivity contribution is 0.802. The zero-order valence-corrected chi connectivity index (χ0v) is 13.5. The van der Waals surface area contributed by atoms with E-state index in [2.05, 4.69) is 51.6 Å². The number of hydrogen-bond donors (Lipinski definition) is 1. The number of nitrogens with zero attached hydrogens (tertiary/aromatic N) is 1. The Morgan fingerprint density at radius 1 is 1.26 bits per heavy atom. The van der Waals surface area contributed by atoms with Crippen LogP contribution in [0, 0.1) is 3.57 Å². The predicted molar refractivity (Wildman–Crippen MR) is 86.5 cm³/mol. The van der Waals surface area contributed by atoms with Crippen molar-refractivity contribution in [1.82, 2.24) is 9.97 Å². The van der Waals surface area contributed by atoms with Crippen molar-refractivity contribution in [3.05, 3.63) is 49.4 Å². The number of aromatic amines is 1. The second-order valence-electron chi connectivity index (χ2n) is 4.82. The van der Waals surface area contributed by atoms with Crippen LogP contribution in [-0.2, 0) is 6.42 Å². The summed E-state index contributed by atoms with van der Waals surface area (Å²) in [5.41, 5.74) is 3.03. The van der Waals surface area contributed by atoms with Gasteiger partial charge in [-0.1, -0.05) is 45.0 Å². The molecule has 1 aromatic heterocycles. The highest BCUT2D eigenvalue weighted by Crippen LogP contribution is 2.20. The molecule has 1 N–H and O–H groups in total. The normalized spacial score (nSPS) is 11.0. The Morgan fingerprint density at radius 2 is 1.89 bits per heavy atom. The fraction of sp³-hybridized carbons (Fsp3) is 0.333. The number of benzene rings is 1. The Labute approximate surface area is 126 Å². The van der Waals surface area contributed by atoms with E-state index in [-0.39, 0.29) is 11.5 Å². The molecule has 0 aliphatic rings. The first kappa shape index (κ1) is 14.2. The highest BCUT2D eigenvalue weighted by atomic mass is 127. The van der Waals surface area contributed by atoms with Crippen molar-refractivity contribution in [3.8, 4) is 11.4 Å². The number of rotatable bonds is 3. The molecule has 0 aliphatic heterocycles. The standard InChI is InChI=1S/C15H17IN2O/c1-4-10-5-7-11(8-6-10)14-17-13(9(2)3)12(16)15(19)18-14/h5-9H,4H2,1-3H3,(H,17,18,19). The topological polar surface area (TPSA) is 45.8 Å². The maximum Gasteiger partial charge on any atom is 0.264 e. The third-order valence-electron chi connectivity index (χ3n) is 3.07. The molecule has 19 heavy (non-hydrogen) atoms. The molecule has 0 radical (unpaired) electrons. The van der Waals surface area contributed by atoms with Gasteiger partial charge in [-0.25, -0.2) is 4.98 Å². The molecule has 0 saturated carbocycles. The molecule has 0 atom stereocenters. The van der Waals surface area contributed by atoms with Gasteiger partial charge in [-0.2, -0.15) is 0 Å². The summed E-state index contributed by atoms with van der Waals surface area (Å²) in [6.45, 7) is 6.22. The summed E-state index contributed by atoms with van der Waals surface area (Å²) in [6.07, 6.45) is 1.01. The van der Waals surface area contributed by atoms with Gasteiger partial charge in [-0.3, -0.25) is 4.79 Å². The summed E-state index contributed by atoms with van der Waals surface area (Å²) in [6, 6.07) is 8.16. The Bertz CT molecular complexity index is 630. The predicted octanol–water partition coefficient (Wildman–Crippen LogP) is 3.73. The summed E-state index contributed by atoms with van der Waals surface area (Å²) >= 11 is 2.06. The monoisotopic (exact) mass is 368 g/mol. The minimum atomic E-state index is -0.0612. The van der Waals surface area contributed by atoms with Gasteiger partial charge >= 0.3 is 0 Å². The average molecular weight is 368 g/mol. The zero-order chi connectivity index (χ0) is 14.0. The summed E-state index contributed by atoms with van der Waals surface area (Å²) in [7, 11) is 0. The smallest absolute Gasteiger partial charge is 0.264 e. The molecule has 4 heteroatoms. The van der Waals surface area contributed by atoms with E-state index in [0.717, 1.165) is 17.7 Å². The first-order valence-corrected chi connectivity index (χ1v) is 7.49. The molecule has 0 unspecified atom stereocenters. The first-order valence-electron chi connectivity index (χ1n) is 6.42. The van der Waals surface area contributed by atoms with Crippen molar-refractivity contribution in [2.45, 2.75) is 33.1 Å². The molecular formula is C15H17IN2O. The van der Waals surface area contributed by atoms with Gasteiger partial charge in [0.2, 0.25) is 0 Å². The zero-order valence-electron chi connectivity index (χ0n) is 11.3. The van der Waals surface area contributed by atoms with E-state index in [1.165, 1.54) is 5.56 Å². The Hall–Kier alpha value is -1.17. The van der Waals surface area contributed by atoms with Crippen LogP contribution in [-0.4, -0.2) is 9.97 Å². The van der Waals surface area contributed by atoms with E-state index in [9.17, 15) is 4.79 Å². The second kappa shape index (κ2) is 5.86. The Balaban J connectivity index is 2.53. The van der Waals surface area contributed by atoms with Gasteiger partial charge in [0, 0.05) is 5.56 Å². The summed E-state index contributed by atoms with van der Waals surface area (Å²) in [5, 5.41) is 0. The number of H-pyrrole nitrogens is 1. The van der Waals surface area contributed by atoms with Gasteiger partial charge in [0.05, 0.1) is 9.26 Å². The van der Waals surface area contributed by atoms with Gasteiger partial charge in [0.15, 0.2) is 0 Å². The van der Waals surface area contributed by atoms with E-state index in [4.69, 9.17) is 0 Å². The number of hydrogen-bond acceptors (Lipinski definition) is 2. The van der Waals surface area contributed by atoms with Crippen molar-refractivity contribution < 1.29 is 0 Å². The molecule has 0 aliphatic carbocycles. The summed E-state index contributed by atoms with van der Waals surface area (Å²) in [5.74, 6) is 0.889. The largest absolute Gasteiger partial charge is 0.306 e. The number of aromatic nitrogens is 2. The van der Waals surface area contributed by atoms with Crippen molar-refractivity contribution in [2.24, 2.45) is 0 Å². The molecule has 0 spiro atoms. The molecule has 3 nitrogen and oxygen atoms in total. The molecule has 100 valence electrons. The van der Waals surface area contributed by atoms with Crippen LogP contribution in [0.4, 0.5) is 0 Å². The van der Waals surface area contributed by atoms with E-state index in [1.54, 1.807) is 0 Å². The minimum Gasteiger partial charge on any atom is -0.306 e. The maximum atomic E-state index is 12.0. The van der Waals surface area contributed by atoms with E-state index in [1.807, 2.05) is 26.0 Å². The lowest BCUT2D eigenvalue weighted by atomic mass is 10.1. The van der Waals surface area contributed by atoms with Gasteiger partial charge < -0.3 is 4.98 Å². The minimum absolute atomic E-state index is 0.0612. The molecular weight excluding hydrogens is 351 g/mol. The molecule has 1 heterocycles. The van der Waals surface area contributed by atoms with Gasteiger partial charge in [-0.15, -0.1) is 0 Å². The van der Waals surface area contributed by atoms with Gasteiger partial charge in [0.1, 0.15) is 5.82 Å². The van der Waals surface area contributed by atoms with Gasteiger partial charge in [-0.05, 0) is 40.5 Å². The van der Waals surface area contributed by atoms with Crippen LogP contribution in [0.25, 0.3) is 11.4 Å². The number of aryl methyl sites for hydroxylation is 1. The lowest BCUT2D eigenvalue weighted by Crippen LogP contribution is -2.17. The molecule has 1 aromatic carbocycles. The fourth-order valence-electron chi connectivity index (χ4n) is 1.89. The van der Waals surface area contributed by atoms with Crippen LogP contribution in [0.15, 0.2) is 29.1 Å². The quantitative estimate of drug-likeness (QED) is 0.840. The van der Waals surface area contributed by atoms with Crippen molar-refractivity contribution in [1.29, 1.82) is 0 Å². The Kier molecular flexibility index (Phi) is 4.39. The van der Waals surface area contributed by atoms with Crippen LogP contribution in [0.3, 0.4) is 0 Å². The first-order chi connectivity index (χ1) is 9.02. The van der Waals surface area contributed by atoms with Crippen LogP contribution < -0.4 is 5.56 Å².